The SMILES string of the molecule is CCOC(C)Cn1c(=O)c(=O)[nH]c2cc(C(=O)O)ccc21. The number of rotatable bonds is 5. The van der Waals surface area contributed by atoms with Gasteiger partial charge < -0.3 is 14.8 Å². The van der Waals surface area contributed by atoms with E-state index < -0.39 is 17.1 Å². The van der Waals surface area contributed by atoms with Gasteiger partial charge in [0.05, 0.1) is 29.2 Å². The molecule has 21 heavy (non-hydrogen) atoms. The number of ether oxygens (including phenoxy) is 1. The summed E-state index contributed by atoms with van der Waals surface area (Å²) in [6.45, 7) is 4.36. The summed E-state index contributed by atoms with van der Waals surface area (Å²) in [4.78, 5) is 37.1. The highest BCUT2D eigenvalue weighted by Gasteiger charge is 2.13. The summed E-state index contributed by atoms with van der Waals surface area (Å²) >= 11 is 0. The molecule has 0 amide bonds. The van der Waals surface area contributed by atoms with Crippen LogP contribution in [0.1, 0.15) is 24.2 Å². The lowest BCUT2D eigenvalue weighted by atomic mass is 10.2. The van der Waals surface area contributed by atoms with Gasteiger partial charge in [0.1, 0.15) is 0 Å². The zero-order valence-corrected chi connectivity index (χ0v) is 11.8. The van der Waals surface area contributed by atoms with Crippen molar-refractivity contribution < 1.29 is 14.6 Å². The minimum Gasteiger partial charge on any atom is -0.478 e. The van der Waals surface area contributed by atoms with Gasteiger partial charge in [-0.15, -0.1) is 0 Å². The fourth-order valence-corrected chi connectivity index (χ4v) is 2.19. The van der Waals surface area contributed by atoms with Crippen molar-refractivity contribution in [2.75, 3.05) is 6.61 Å². The Labute approximate surface area is 119 Å². The average molecular weight is 292 g/mol. The van der Waals surface area contributed by atoms with Crippen LogP contribution in [0, 0.1) is 0 Å². The molecule has 0 aliphatic rings. The zero-order valence-electron chi connectivity index (χ0n) is 11.8. The molecule has 1 aromatic carbocycles. The molecule has 1 unspecified atom stereocenters. The van der Waals surface area contributed by atoms with Crippen molar-refractivity contribution in [3.63, 3.8) is 0 Å². The lowest BCUT2D eigenvalue weighted by Gasteiger charge is -2.15. The maximum absolute atomic E-state index is 12.0. The summed E-state index contributed by atoms with van der Waals surface area (Å²) in [6.07, 6.45) is -0.239. The summed E-state index contributed by atoms with van der Waals surface area (Å²) in [5.74, 6) is -1.10. The summed E-state index contributed by atoms with van der Waals surface area (Å²) in [5.41, 5.74) is -0.647. The molecule has 1 aromatic heterocycles. The summed E-state index contributed by atoms with van der Waals surface area (Å²) in [6, 6.07) is 4.24. The van der Waals surface area contributed by atoms with E-state index in [-0.39, 0.29) is 18.2 Å². The smallest absolute Gasteiger partial charge is 0.335 e. The van der Waals surface area contributed by atoms with Crippen LogP contribution in [0.15, 0.2) is 27.8 Å². The first-order chi connectivity index (χ1) is 9.93. The molecule has 0 saturated heterocycles. The van der Waals surface area contributed by atoms with Crippen LogP contribution in [0.4, 0.5) is 0 Å². The Hall–Kier alpha value is -2.41. The molecule has 0 radical (unpaired) electrons. The van der Waals surface area contributed by atoms with E-state index in [1.165, 1.54) is 22.8 Å². The number of aromatic carboxylic acids is 1. The van der Waals surface area contributed by atoms with Gasteiger partial charge >= 0.3 is 17.1 Å². The van der Waals surface area contributed by atoms with Gasteiger partial charge in [-0.2, -0.15) is 0 Å². The monoisotopic (exact) mass is 292 g/mol. The van der Waals surface area contributed by atoms with E-state index in [9.17, 15) is 14.4 Å². The first-order valence-electron chi connectivity index (χ1n) is 6.55. The van der Waals surface area contributed by atoms with E-state index in [0.717, 1.165) is 0 Å². The van der Waals surface area contributed by atoms with E-state index in [4.69, 9.17) is 9.84 Å². The Kier molecular flexibility index (Phi) is 4.23. The Morgan fingerprint density at radius 3 is 2.76 bits per heavy atom. The number of carboxylic acid groups (broad SMARTS) is 1. The summed E-state index contributed by atoms with van der Waals surface area (Å²) in [7, 11) is 0. The second-order valence-electron chi connectivity index (χ2n) is 4.67. The van der Waals surface area contributed by atoms with Crippen LogP contribution >= 0.6 is 0 Å². The van der Waals surface area contributed by atoms with Crippen LogP contribution in [0.3, 0.4) is 0 Å². The topological polar surface area (TPSA) is 101 Å². The fourth-order valence-electron chi connectivity index (χ4n) is 2.19. The minimum atomic E-state index is -1.10. The van der Waals surface area contributed by atoms with Crippen LogP contribution in [0.25, 0.3) is 11.0 Å². The van der Waals surface area contributed by atoms with Crippen molar-refractivity contribution in [1.29, 1.82) is 0 Å². The van der Waals surface area contributed by atoms with Crippen molar-refractivity contribution in [2.45, 2.75) is 26.5 Å². The van der Waals surface area contributed by atoms with Crippen molar-refractivity contribution in [3.8, 4) is 0 Å². The average Bonchev–Trinajstić information content (AvgIpc) is 2.43. The minimum absolute atomic E-state index is 0.0428. The Bertz CT molecular complexity index is 790. The number of benzene rings is 1. The third-order valence-electron chi connectivity index (χ3n) is 3.11. The molecule has 1 heterocycles. The third-order valence-corrected chi connectivity index (χ3v) is 3.11. The van der Waals surface area contributed by atoms with E-state index in [0.29, 0.717) is 17.6 Å². The molecule has 0 saturated carbocycles. The van der Waals surface area contributed by atoms with Crippen LogP contribution in [-0.2, 0) is 11.3 Å². The molecular formula is C14H16N2O5. The second-order valence-corrected chi connectivity index (χ2v) is 4.67. The van der Waals surface area contributed by atoms with E-state index >= 15 is 0 Å². The number of carbonyl (C=O) groups is 1. The van der Waals surface area contributed by atoms with Gasteiger partial charge in [-0.25, -0.2) is 4.79 Å². The lowest BCUT2D eigenvalue weighted by Crippen LogP contribution is -2.38. The number of H-pyrrole nitrogens is 1. The fraction of sp³-hybridized carbons (Fsp3) is 0.357. The van der Waals surface area contributed by atoms with Crippen molar-refractivity contribution in [3.05, 3.63) is 44.5 Å². The molecule has 7 nitrogen and oxygen atoms in total. The molecule has 0 fully saturated rings. The summed E-state index contributed by atoms with van der Waals surface area (Å²) in [5, 5.41) is 8.97. The van der Waals surface area contributed by atoms with Crippen molar-refractivity contribution in [1.82, 2.24) is 9.55 Å². The number of carboxylic acids is 1. The van der Waals surface area contributed by atoms with E-state index in [1.807, 2.05) is 6.92 Å². The number of aromatic amines is 1. The van der Waals surface area contributed by atoms with Gasteiger partial charge in [-0.3, -0.25) is 14.2 Å². The zero-order chi connectivity index (χ0) is 15.6. The molecule has 2 rings (SSSR count). The van der Waals surface area contributed by atoms with Crippen LogP contribution in [0.5, 0.6) is 0 Å². The van der Waals surface area contributed by atoms with E-state index in [1.54, 1.807) is 6.92 Å². The van der Waals surface area contributed by atoms with Gasteiger partial charge in [0.2, 0.25) is 0 Å². The molecular weight excluding hydrogens is 276 g/mol. The van der Waals surface area contributed by atoms with Crippen molar-refractivity contribution in [2.24, 2.45) is 0 Å². The van der Waals surface area contributed by atoms with Gasteiger partial charge in [0, 0.05) is 6.61 Å². The Balaban J connectivity index is 2.62. The highest BCUT2D eigenvalue weighted by atomic mass is 16.5. The summed E-state index contributed by atoms with van der Waals surface area (Å²) < 4.78 is 6.69. The predicted octanol–water partition coefficient (Wildman–Crippen LogP) is 0.813. The number of nitrogens with zero attached hydrogens (tertiary/aromatic N) is 1. The first kappa shape index (κ1) is 15.0. The van der Waals surface area contributed by atoms with Gasteiger partial charge in [0.15, 0.2) is 0 Å². The second kappa shape index (κ2) is 5.92. The Morgan fingerprint density at radius 1 is 1.43 bits per heavy atom. The molecule has 112 valence electrons. The standard InChI is InChI=1S/C14H16N2O5/c1-3-21-8(2)7-16-11-5-4-9(14(19)20)6-10(11)15-12(17)13(16)18/h4-6,8H,3,7H2,1-2H3,(H,15,17)(H,19,20). The number of hydrogen-bond acceptors (Lipinski definition) is 4. The van der Waals surface area contributed by atoms with Crippen molar-refractivity contribution >= 4 is 17.0 Å². The van der Waals surface area contributed by atoms with Gasteiger partial charge in [0.25, 0.3) is 0 Å². The maximum Gasteiger partial charge on any atom is 0.335 e. The predicted molar refractivity (Wildman–Crippen MR) is 76.9 cm³/mol. The highest BCUT2D eigenvalue weighted by Crippen LogP contribution is 2.12. The van der Waals surface area contributed by atoms with Crippen LogP contribution in [-0.4, -0.2) is 33.3 Å². The van der Waals surface area contributed by atoms with Gasteiger partial charge in [-0.1, -0.05) is 0 Å². The number of aromatic nitrogens is 2. The first-order valence-corrected chi connectivity index (χ1v) is 6.55. The highest BCUT2D eigenvalue weighted by molar-refractivity contribution is 5.92. The Morgan fingerprint density at radius 2 is 2.14 bits per heavy atom. The van der Waals surface area contributed by atoms with E-state index in [2.05, 4.69) is 4.98 Å². The molecule has 1 atom stereocenters. The number of fused-ring (bicyclic) bond motifs is 1. The molecule has 0 aliphatic carbocycles. The largest absolute Gasteiger partial charge is 0.478 e. The number of nitrogens with one attached hydrogen (secondary N) is 1. The molecule has 7 heteroatoms. The quantitative estimate of drug-likeness (QED) is 0.794. The molecule has 0 spiro atoms. The molecule has 2 aromatic rings. The van der Waals surface area contributed by atoms with Gasteiger partial charge in [-0.05, 0) is 32.0 Å². The molecule has 0 aliphatic heterocycles. The maximum atomic E-state index is 12.0. The lowest BCUT2D eigenvalue weighted by molar-refractivity contribution is 0.0640. The third kappa shape index (κ3) is 3.03. The molecule has 2 N–H and O–H groups in total. The number of hydrogen-bond donors (Lipinski definition) is 2. The van der Waals surface area contributed by atoms with Crippen LogP contribution < -0.4 is 11.1 Å². The molecule has 0 bridgehead atoms. The normalized spacial score (nSPS) is 12.5. The van der Waals surface area contributed by atoms with Crippen LogP contribution in [0.2, 0.25) is 0 Å².